The minimum atomic E-state index is -1.13. The van der Waals surface area contributed by atoms with Crippen LogP contribution in [0.25, 0.3) is 4.85 Å². The molecular formula is C6H9NO2. The second-order valence-electron chi connectivity index (χ2n) is 1.59. The van der Waals surface area contributed by atoms with E-state index in [9.17, 15) is 9.90 Å². The number of carbonyl (C=O) groups is 1. The number of rotatable bonds is 2. The zero-order chi connectivity index (χ0) is 7.11. The van der Waals surface area contributed by atoms with Gasteiger partial charge in [-0.25, -0.2) is 0 Å². The first kappa shape index (κ1) is 7.96. The Morgan fingerprint density at radius 1 is 1.78 bits per heavy atom. The van der Waals surface area contributed by atoms with Crippen LogP contribution in [0.2, 0.25) is 0 Å². The summed E-state index contributed by atoms with van der Waals surface area (Å²) in [5.74, 6) is -1.13. The van der Waals surface area contributed by atoms with Gasteiger partial charge >= 0.3 is 0 Å². The van der Waals surface area contributed by atoms with E-state index >= 15 is 0 Å². The molecule has 0 aromatic rings. The molecule has 0 aromatic carbocycles. The van der Waals surface area contributed by atoms with Crippen LogP contribution in [0.4, 0.5) is 0 Å². The summed E-state index contributed by atoms with van der Waals surface area (Å²) in [5, 5.41) is 9.73. The number of carbonyl (C=O) groups excluding carboxylic acids is 1. The first-order valence-corrected chi connectivity index (χ1v) is 2.86. The Morgan fingerprint density at radius 2 is 2.44 bits per heavy atom. The number of aliphatic carboxylic acids is 1. The van der Waals surface area contributed by atoms with E-state index in [1.54, 1.807) is 0 Å². The van der Waals surface area contributed by atoms with E-state index in [1.165, 1.54) is 0 Å². The first-order valence-electron chi connectivity index (χ1n) is 2.86. The number of carboxylic acids is 1. The third kappa shape index (κ3) is 6.96. The summed E-state index contributed by atoms with van der Waals surface area (Å²) in [4.78, 5) is 13.4. The molecule has 0 atom stereocenters. The monoisotopic (exact) mass is 127 g/mol. The average molecular weight is 127 g/mol. The van der Waals surface area contributed by atoms with Crippen molar-refractivity contribution in [2.45, 2.75) is 19.8 Å². The van der Waals surface area contributed by atoms with Crippen molar-refractivity contribution in [3.63, 3.8) is 0 Å². The van der Waals surface area contributed by atoms with Crippen molar-refractivity contribution in [1.82, 2.24) is 0 Å². The molecule has 3 nitrogen and oxygen atoms in total. The molecule has 3 heteroatoms. The summed E-state index contributed by atoms with van der Waals surface area (Å²) in [7, 11) is 0. The van der Waals surface area contributed by atoms with Gasteiger partial charge in [0.2, 0.25) is 0 Å². The molecule has 0 heterocycles. The highest BCUT2D eigenvalue weighted by atomic mass is 16.4. The molecule has 0 aliphatic rings. The Labute approximate surface area is 54.1 Å². The van der Waals surface area contributed by atoms with Crippen molar-refractivity contribution in [2.24, 2.45) is 0 Å². The van der Waals surface area contributed by atoms with Gasteiger partial charge in [-0.1, -0.05) is 11.8 Å². The fourth-order valence-corrected chi connectivity index (χ4v) is 0.311. The van der Waals surface area contributed by atoms with Gasteiger partial charge in [-0.2, -0.15) is 0 Å². The Kier molecular flexibility index (Phi) is 4.51. The highest BCUT2D eigenvalue weighted by molar-refractivity contribution is 5.67. The standard InChI is InChI=1S/C6H9NO2/c1-2-4-7-5-3-6(8)9/h2-4H2,1H3. The molecule has 0 amide bonds. The lowest BCUT2D eigenvalue weighted by atomic mass is 10.5. The highest BCUT2D eigenvalue weighted by Crippen LogP contribution is 1.78. The Hall–Kier alpha value is -1.04. The van der Waals surface area contributed by atoms with Crippen LogP contribution < -0.4 is 5.11 Å². The molecule has 0 saturated heterocycles. The minimum absolute atomic E-state index is 0.194. The summed E-state index contributed by atoms with van der Waals surface area (Å²) >= 11 is 0. The highest BCUT2D eigenvalue weighted by Gasteiger charge is 1.86. The second-order valence-corrected chi connectivity index (χ2v) is 1.59. The molecular weight excluding hydrogens is 118 g/mol. The van der Waals surface area contributed by atoms with Crippen molar-refractivity contribution in [2.75, 3.05) is 6.54 Å². The molecule has 0 bridgehead atoms. The average Bonchev–Trinajstić information content (AvgIpc) is 1.80. The van der Waals surface area contributed by atoms with E-state index in [0.29, 0.717) is 6.54 Å². The van der Waals surface area contributed by atoms with Crippen LogP contribution in [-0.2, 0) is 4.79 Å². The van der Waals surface area contributed by atoms with Gasteiger partial charge in [-0.3, -0.25) is 0 Å². The maximum Gasteiger partial charge on any atom is 0.279 e. The van der Waals surface area contributed by atoms with Crippen LogP contribution in [-0.4, -0.2) is 12.5 Å². The van der Waals surface area contributed by atoms with Gasteiger partial charge in [-0.05, 0) is 0 Å². The summed E-state index contributed by atoms with van der Waals surface area (Å²) in [6.45, 7) is 2.61. The number of hydrogen-bond acceptors (Lipinski definition) is 2. The van der Waals surface area contributed by atoms with Gasteiger partial charge in [0, 0.05) is 6.42 Å². The van der Waals surface area contributed by atoms with Crippen LogP contribution in [0.5, 0.6) is 0 Å². The molecule has 0 unspecified atom stereocenters. The quantitative estimate of drug-likeness (QED) is 0.518. The van der Waals surface area contributed by atoms with Crippen molar-refractivity contribution >= 4 is 5.97 Å². The fourth-order valence-electron chi connectivity index (χ4n) is 0.311. The van der Waals surface area contributed by atoms with E-state index < -0.39 is 5.97 Å². The molecule has 0 rings (SSSR count). The Bertz CT molecular complexity index is 143. The Morgan fingerprint density at radius 3 is 2.89 bits per heavy atom. The SMILES string of the molecule is CCC[N+]#CCC(=O)[O-]. The van der Waals surface area contributed by atoms with Crippen molar-refractivity contribution < 1.29 is 9.90 Å². The predicted octanol–water partition coefficient (Wildman–Crippen LogP) is -0.131. The van der Waals surface area contributed by atoms with Crippen molar-refractivity contribution in [3.05, 3.63) is 4.85 Å². The van der Waals surface area contributed by atoms with Gasteiger partial charge in [0.15, 0.2) is 0 Å². The van der Waals surface area contributed by atoms with E-state index in [-0.39, 0.29) is 6.42 Å². The molecule has 0 N–H and O–H groups in total. The van der Waals surface area contributed by atoms with E-state index in [2.05, 4.69) is 10.9 Å². The van der Waals surface area contributed by atoms with Crippen LogP contribution in [0.1, 0.15) is 19.8 Å². The Balaban J connectivity index is 3.26. The molecule has 0 spiro atoms. The molecule has 0 aliphatic heterocycles. The summed E-state index contributed by atoms with van der Waals surface area (Å²) in [6, 6.07) is 2.35. The lowest BCUT2D eigenvalue weighted by molar-refractivity contribution is -0.304. The number of nitrogens with zero attached hydrogens (tertiary/aromatic N) is 1. The van der Waals surface area contributed by atoms with Crippen molar-refractivity contribution in [1.29, 1.82) is 0 Å². The van der Waals surface area contributed by atoms with Gasteiger partial charge in [-0.15, -0.1) is 0 Å². The summed E-state index contributed by atoms with van der Waals surface area (Å²) < 4.78 is 0. The fraction of sp³-hybridized carbons (Fsp3) is 0.667. The smallest absolute Gasteiger partial charge is 0.279 e. The van der Waals surface area contributed by atoms with Crippen LogP contribution in [0, 0.1) is 6.07 Å². The molecule has 0 fully saturated rings. The third-order valence-corrected chi connectivity index (χ3v) is 0.671. The van der Waals surface area contributed by atoms with Crippen molar-refractivity contribution in [3.8, 4) is 6.07 Å². The van der Waals surface area contributed by atoms with Gasteiger partial charge in [0.1, 0.15) is 6.42 Å². The van der Waals surface area contributed by atoms with Crippen LogP contribution >= 0.6 is 0 Å². The first-order chi connectivity index (χ1) is 4.27. The number of carboxylic acid groups (broad SMARTS) is 1. The molecule has 0 aliphatic carbocycles. The van der Waals surface area contributed by atoms with Gasteiger partial charge in [0.25, 0.3) is 12.6 Å². The predicted molar refractivity (Wildman–Crippen MR) is 32.0 cm³/mol. The zero-order valence-corrected chi connectivity index (χ0v) is 5.39. The largest absolute Gasteiger partial charge is 0.549 e. The lowest BCUT2D eigenvalue weighted by Gasteiger charge is -1.83. The van der Waals surface area contributed by atoms with E-state index in [0.717, 1.165) is 6.42 Å². The maximum atomic E-state index is 9.73. The van der Waals surface area contributed by atoms with Crippen LogP contribution in [0.3, 0.4) is 0 Å². The molecule has 0 aromatic heterocycles. The summed E-state index contributed by atoms with van der Waals surface area (Å²) in [6.07, 6.45) is 0.722. The molecule has 9 heavy (non-hydrogen) atoms. The minimum Gasteiger partial charge on any atom is -0.549 e. The van der Waals surface area contributed by atoms with Crippen LogP contribution in [0.15, 0.2) is 0 Å². The number of hydrogen-bond donors (Lipinski definition) is 0. The zero-order valence-electron chi connectivity index (χ0n) is 5.39. The lowest BCUT2D eigenvalue weighted by Crippen LogP contribution is -2.20. The second kappa shape index (κ2) is 5.10. The van der Waals surface area contributed by atoms with Gasteiger partial charge < -0.3 is 9.90 Å². The molecule has 0 radical (unpaired) electrons. The molecule has 50 valence electrons. The maximum absolute atomic E-state index is 9.73. The third-order valence-electron chi connectivity index (χ3n) is 0.671. The van der Waals surface area contributed by atoms with E-state index in [4.69, 9.17) is 0 Å². The van der Waals surface area contributed by atoms with Gasteiger partial charge in [0.05, 0.1) is 5.97 Å². The topological polar surface area (TPSA) is 44.5 Å². The summed E-state index contributed by atoms with van der Waals surface area (Å²) in [5.41, 5.74) is 0. The molecule has 0 saturated carbocycles. The van der Waals surface area contributed by atoms with E-state index in [1.807, 2.05) is 6.92 Å². The normalized spacial score (nSPS) is 7.67.